The van der Waals surface area contributed by atoms with Crippen LogP contribution in [0.2, 0.25) is 0 Å². The number of thioether (sulfide) groups is 2. The van der Waals surface area contributed by atoms with E-state index in [1.54, 1.807) is 0 Å². The number of nitrogens with zero attached hydrogens (tertiary/aromatic N) is 1. The van der Waals surface area contributed by atoms with Crippen LogP contribution in [-0.4, -0.2) is 34.5 Å². The minimum Gasteiger partial charge on any atom is -0.359 e. The third-order valence-electron chi connectivity index (χ3n) is 3.61. The minimum atomic E-state index is 0.425. The highest BCUT2D eigenvalue weighted by atomic mass is 32.2. The van der Waals surface area contributed by atoms with Gasteiger partial charge in [0.05, 0.1) is 0 Å². The van der Waals surface area contributed by atoms with Crippen LogP contribution in [0.1, 0.15) is 39.0 Å². The molecule has 0 amide bonds. The summed E-state index contributed by atoms with van der Waals surface area (Å²) in [5.74, 6) is 1.24. The summed E-state index contributed by atoms with van der Waals surface area (Å²) < 4.78 is 0. The van der Waals surface area contributed by atoms with Crippen LogP contribution in [0.3, 0.4) is 0 Å². The molecule has 0 aromatic carbocycles. The molecule has 1 aliphatic heterocycles. The van der Waals surface area contributed by atoms with E-state index < -0.39 is 0 Å². The molecule has 92 valence electrons. The van der Waals surface area contributed by atoms with E-state index in [0.29, 0.717) is 5.54 Å². The molecule has 4 heteroatoms. The van der Waals surface area contributed by atoms with Crippen molar-refractivity contribution in [2.24, 2.45) is 4.99 Å². The molecule has 1 unspecified atom stereocenters. The van der Waals surface area contributed by atoms with E-state index in [9.17, 15) is 0 Å². The first-order chi connectivity index (χ1) is 7.74. The molecule has 0 aromatic rings. The second kappa shape index (κ2) is 5.67. The normalized spacial score (nSPS) is 27.5. The van der Waals surface area contributed by atoms with Crippen molar-refractivity contribution in [3.63, 3.8) is 0 Å². The van der Waals surface area contributed by atoms with E-state index >= 15 is 0 Å². The highest BCUT2D eigenvalue weighted by molar-refractivity contribution is 8.14. The van der Waals surface area contributed by atoms with Gasteiger partial charge in [-0.1, -0.05) is 31.5 Å². The van der Waals surface area contributed by atoms with Gasteiger partial charge in [-0.15, -0.1) is 0 Å². The Morgan fingerprint density at radius 2 is 2.25 bits per heavy atom. The Hall–Kier alpha value is 0.170. The lowest BCUT2D eigenvalue weighted by Crippen LogP contribution is -2.40. The monoisotopic (exact) mass is 258 g/mol. The summed E-state index contributed by atoms with van der Waals surface area (Å²) in [6.45, 7) is 3.26. The van der Waals surface area contributed by atoms with Crippen LogP contribution < -0.4 is 5.32 Å². The second-order valence-electron chi connectivity index (χ2n) is 4.92. The van der Waals surface area contributed by atoms with E-state index in [4.69, 9.17) is 0 Å². The molecule has 1 N–H and O–H groups in total. The molecule has 1 atom stereocenters. The quantitative estimate of drug-likeness (QED) is 0.838. The SMILES string of the molecule is CSC(C)CCN=C1NC2(CCCC2)CS1. The van der Waals surface area contributed by atoms with Gasteiger partial charge in [0, 0.05) is 23.1 Å². The summed E-state index contributed by atoms with van der Waals surface area (Å²) in [6, 6.07) is 0. The van der Waals surface area contributed by atoms with Gasteiger partial charge in [0.2, 0.25) is 0 Å². The first-order valence-electron chi connectivity index (χ1n) is 6.22. The highest BCUT2D eigenvalue weighted by Crippen LogP contribution is 2.37. The molecule has 1 aliphatic carbocycles. The van der Waals surface area contributed by atoms with Gasteiger partial charge in [-0.2, -0.15) is 11.8 Å². The van der Waals surface area contributed by atoms with Crippen molar-refractivity contribution in [2.75, 3.05) is 18.6 Å². The lowest BCUT2D eigenvalue weighted by molar-refractivity contribution is 0.452. The molecule has 0 radical (unpaired) electrons. The van der Waals surface area contributed by atoms with Crippen LogP contribution in [0.4, 0.5) is 0 Å². The molecular formula is C12H22N2S2. The Labute approximate surface area is 107 Å². The van der Waals surface area contributed by atoms with E-state index in [-0.39, 0.29) is 0 Å². The molecule has 2 rings (SSSR count). The van der Waals surface area contributed by atoms with Crippen molar-refractivity contribution >= 4 is 28.7 Å². The molecule has 16 heavy (non-hydrogen) atoms. The smallest absolute Gasteiger partial charge is 0.157 e. The minimum absolute atomic E-state index is 0.425. The zero-order valence-electron chi connectivity index (χ0n) is 10.3. The van der Waals surface area contributed by atoms with Gasteiger partial charge in [0.15, 0.2) is 5.17 Å². The Bertz CT molecular complexity index is 260. The van der Waals surface area contributed by atoms with Crippen LogP contribution in [0, 0.1) is 0 Å². The molecule has 1 saturated heterocycles. The van der Waals surface area contributed by atoms with E-state index in [2.05, 4.69) is 23.5 Å². The molecule has 0 bridgehead atoms. The largest absolute Gasteiger partial charge is 0.359 e. The number of hydrogen-bond acceptors (Lipinski definition) is 3. The summed E-state index contributed by atoms with van der Waals surface area (Å²) in [4.78, 5) is 4.69. The summed E-state index contributed by atoms with van der Waals surface area (Å²) in [7, 11) is 0. The van der Waals surface area contributed by atoms with Gasteiger partial charge >= 0.3 is 0 Å². The van der Waals surface area contributed by atoms with Crippen LogP contribution >= 0.6 is 23.5 Å². The average molecular weight is 258 g/mol. The van der Waals surface area contributed by atoms with Crippen molar-refractivity contribution in [1.29, 1.82) is 0 Å². The lowest BCUT2D eigenvalue weighted by Gasteiger charge is -2.21. The maximum atomic E-state index is 4.69. The molecule has 1 saturated carbocycles. The van der Waals surface area contributed by atoms with Gasteiger partial charge in [0.1, 0.15) is 0 Å². The summed E-state index contributed by atoms with van der Waals surface area (Å²) in [6.07, 6.45) is 8.85. The van der Waals surface area contributed by atoms with Crippen molar-refractivity contribution in [3.05, 3.63) is 0 Å². The second-order valence-corrected chi connectivity index (χ2v) is 7.16. The van der Waals surface area contributed by atoms with Gasteiger partial charge in [-0.3, -0.25) is 4.99 Å². The standard InChI is InChI=1S/C12H22N2S2/c1-10(15-2)5-8-13-11-14-12(9-16-11)6-3-4-7-12/h10H,3-9H2,1-2H3,(H,13,14). The predicted molar refractivity (Wildman–Crippen MR) is 76.7 cm³/mol. The van der Waals surface area contributed by atoms with Gasteiger partial charge in [-0.05, 0) is 25.5 Å². The first kappa shape index (κ1) is 12.6. The van der Waals surface area contributed by atoms with Crippen LogP contribution in [0.5, 0.6) is 0 Å². The number of amidine groups is 1. The number of aliphatic imine (C=N–C) groups is 1. The van der Waals surface area contributed by atoms with E-state index in [1.165, 1.54) is 43.0 Å². The maximum Gasteiger partial charge on any atom is 0.157 e. The van der Waals surface area contributed by atoms with Crippen molar-refractivity contribution in [1.82, 2.24) is 5.32 Å². The molecule has 2 fully saturated rings. The molecule has 1 heterocycles. The highest BCUT2D eigenvalue weighted by Gasteiger charge is 2.39. The fourth-order valence-corrected chi connectivity index (χ4v) is 3.96. The number of nitrogens with one attached hydrogen (secondary N) is 1. The maximum absolute atomic E-state index is 4.69. The Morgan fingerprint density at radius 1 is 1.50 bits per heavy atom. The molecule has 2 aliphatic rings. The molecule has 2 nitrogen and oxygen atoms in total. The Balaban J connectivity index is 1.77. The average Bonchev–Trinajstić information content (AvgIpc) is 2.90. The number of hydrogen-bond donors (Lipinski definition) is 1. The Kier molecular flexibility index (Phi) is 4.48. The van der Waals surface area contributed by atoms with Gasteiger partial charge < -0.3 is 5.32 Å². The van der Waals surface area contributed by atoms with Crippen molar-refractivity contribution in [2.45, 2.75) is 49.8 Å². The zero-order valence-corrected chi connectivity index (χ0v) is 11.9. The molecule has 1 spiro atoms. The summed E-state index contributed by atoms with van der Waals surface area (Å²) >= 11 is 3.86. The predicted octanol–water partition coefficient (Wildman–Crippen LogP) is 3.13. The van der Waals surface area contributed by atoms with Gasteiger partial charge in [-0.25, -0.2) is 0 Å². The fraction of sp³-hybridized carbons (Fsp3) is 0.917. The van der Waals surface area contributed by atoms with Crippen LogP contribution in [0.15, 0.2) is 4.99 Å². The number of rotatable bonds is 4. The summed E-state index contributed by atoms with van der Waals surface area (Å²) in [5.41, 5.74) is 0.425. The lowest BCUT2D eigenvalue weighted by atomic mass is 10.0. The molecular weight excluding hydrogens is 236 g/mol. The van der Waals surface area contributed by atoms with E-state index in [1.807, 2.05) is 23.5 Å². The van der Waals surface area contributed by atoms with Gasteiger partial charge in [0.25, 0.3) is 0 Å². The molecule has 0 aromatic heterocycles. The zero-order chi connectivity index (χ0) is 11.4. The fourth-order valence-electron chi connectivity index (χ4n) is 2.38. The van der Waals surface area contributed by atoms with Crippen LogP contribution in [-0.2, 0) is 0 Å². The summed E-state index contributed by atoms with van der Waals surface area (Å²) in [5, 5.41) is 5.60. The first-order valence-corrected chi connectivity index (χ1v) is 8.50. The third-order valence-corrected chi connectivity index (χ3v) is 5.85. The topological polar surface area (TPSA) is 24.4 Å². The van der Waals surface area contributed by atoms with Crippen molar-refractivity contribution < 1.29 is 0 Å². The van der Waals surface area contributed by atoms with E-state index in [0.717, 1.165) is 11.8 Å². The Morgan fingerprint density at radius 3 is 2.94 bits per heavy atom. The van der Waals surface area contributed by atoms with Crippen molar-refractivity contribution in [3.8, 4) is 0 Å². The third kappa shape index (κ3) is 3.10. The van der Waals surface area contributed by atoms with Crippen LogP contribution in [0.25, 0.3) is 0 Å².